The van der Waals surface area contributed by atoms with E-state index in [0.29, 0.717) is 23.3 Å². The van der Waals surface area contributed by atoms with Crippen LogP contribution in [-0.2, 0) is 30.7 Å². The molecule has 5 nitrogen and oxygen atoms in total. The van der Waals surface area contributed by atoms with Gasteiger partial charge in [-0.3, -0.25) is 14.2 Å². The number of thiophene rings is 1. The molecule has 0 aliphatic heterocycles. The average molecular weight is 448 g/mol. The van der Waals surface area contributed by atoms with Crippen LogP contribution < -0.4 is 10.9 Å². The number of amides is 1. The number of halogens is 1. The minimum atomic E-state index is -0.0996. The van der Waals surface area contributed by atoms with Gasteiger partial charge in [0.15, 0.2) is 5.16 Å². The van der Waals surface area contributed by atoms with Gasteiger partial charge in [-0.15, -0.1) is 11.3 Å². The molecule has 1 amide bonds. The van der Waals surface area contributed by atoms with E-state index in [1.165, 1.54) is 28.6 Å². The second-order valence-corrected chi connectivity index (χ2v) is 9.49. The van der Waals surface area contributed by atoms with Crippen molar-refractivity contribution in [2.24, 2.45) is 0 Å². The second kappa shape index (κ2) is 8.90. The maximum atomic E-state index is 13.1. The zero-order valence-corrected chi connectivity index (χ0v) is 18.6. The van der Waals surface area contributed by atoms with Gasteiger partial charge in [0, 0.05) is 23.0 Å². The Morgan fingerprint density at radius 2 is 2.17 bits per heavy atom. The Hall–Kier alpha value is -1.83. The number of aromatic nitrogens is 2. The Morgan fingerprint density at radius 1 is 1.34 bits per heavy atom. The summed E-state index contributed by atoms with van der Waals surface area (Å²) in [5.74, 6) is 0.112. The first-order valence-corrected chi connectivity index (χ1v) is 11.9. The number of carbonyl (C=O) groups excluding carboxylic acids is 1. The summed E-state index contributed by atoms with van der Waals surface area (Å²) in [6.07, 6.45) is 4.31. The van der Waals surface area contributed by atoms with E-state index in [0.717, 1.165) is 35.0 Å². The fraction of sp³-hybridized carbons (Fsp3) is 0.381. The lowest BCUT2D eigenvalue weighted by molar-refractivity contribution is -0.118. The maximum Gasteiger partial charge on any atom is 0.263 e. The molecule has 1 aromatic carbocycles. The first kappa shape index (κ1) is 20.4. The lowest BCUT2D eigenvalue weighted by atomic mass is 9.97. The van der Waals surface area contributed by atoms with Gasteiger partial charge in [-0.25, -0.2) is 4.98 Å². The topological polar surface area (TPSA) is 64.0 Å². The SMILES string of the molecule is CCn1c(SCC(=O)NCc2cccc(Cl)c2)nc2sc3c(c2c1=O)CCCC3. The van der Waals surface area contributed by atoms with Gasteiger partial charge in [0.05, 0.1) is 11.1 Å². The van der Waals surface area contributed by atoms with Crippen molar-refractivity contribution in [1.82, 2.24) is 14.9 Å². The van der Waals surface area contributed by atoms with Crippen LogP contribution in [-0.4, -0.2) is 21.2 Å². The molecule has 0 unspecified atom stereocenters. The highest BCUT2D eigenvalue weighted by atomic mass is 35.5. The third kappa shape index (κ3) is 4.37. The number of thioether (sulfide) groups is 1. The lowest BCUT2D eigenvalue weighted by Gasteiger charge is -2.12. The molecule has 0 atom stereocenters. The highest BCUT2D eigenvalue weighted by molar-refractivity contribution is 7.99. The smallest absolute Gasteiger partial charge is 0.263 e. The lowest BCUT2D eigenvalue weighted by Crippen LogP contribution is -2.26. The van der Waals surface area contributed by atoms with E-state index in [4.69, 9.17) is 16.6 Å². The summed E-state index contributed by atoms with van der Waals surface area (Å²) in [6, 6.07) is 7.41. The summed E-state index contributed by atoms with van der Waals surface area (Å²) in [7, 11) is 0. The quantitative estimate of drug-likeness (QED) is 0.448. The van der Waals surface area contributed by atoms with Crippen LogP contribution in [0.2, 0.25) is 5.02 Å². The van der Waals surface area contributed by atoms with Gasteiger partial charge in [-0.1, -0.05) is 35.5 Å². The van der Waals surface area contributed by atoms with Gasteiger partial charge in [0.1, 0.15) is 4.83 Å². The molecule has 0 bridgehead atoms. The summed E-state index contributed by atoms with van der Waals surface area (Å²) in [5, 5.41) is 4.95. The van der Waals surface area contributed by atoms with Crippen molar-refractivity contribution in [3.63, 3.8) is 0 Å². The van der Waals surface area contributed by atoms with Gasteiger partial charge in [0.2, 0.25) is 5.91 Å². The minimum absolute atomic E-state index is 0.0266. The molecule has 0 fully saturated rings. The zero-order chi connectivity index (χ0) is 20.4. The molecule has 8 heteroatoms. The number of aryl methyl sites for hydroxylation is 2. The number of benzene rings is 1. The van der Waals surface area contributed by atoms with Crippen LogP contribution >= 0.6 is 34.7 Å². The van der Waals surface area contributed by atoms with Crippen molar-refractivity contribution < 1.29 is 4.79 Å². The molecule has 2 heterocycles. The summed E-state index contributed by atoms with van der Waals surface area (Å²) in [6.45, 7) is 2.90. The van der Waals surface area contributed by atoms with Gasteiger partial charge < -0.3 is 5.32 Å². The summed E-state index contributed by atoms with van der Waals surface area (Å²) in [5.41, 5.74) is 2.18. The summed E-state index contributed by atoms with van der Waals surface area (Å²) < 4.78 is 1.69. The average Bonchev–Trinajstić information content (AvgIpc) is 3.09. The van der Waals surface area contributed by atoms with Crippen LogP contribution in [0, 0.1) is 0 Å². The number of hydrogen-bond acceptors (Lipinski definition) is 5. The van der Waals surface area contributed by atoms with Gasteiger partial charge >= 0.3 is 0 Å². The number of carbonyl (C=O) groups is 1. The van der Waals surface area contributed by atoms with Gasteiger partial charge in [0.25, 0.3) is 5.56 Å². The molecule has 1 aliphatic rings. The van der Waals surface area contributed by atoms with Crippen LogP contribution in [0.5, 0.6) is 0 Å². The van der Waals surface area contributed by atoms with Gasteiger partial charge in [-0.2, -0.15) is 0 Å². The highest BCUT2D eigenvalue weighted by Crippen LogP contribution is 2.34. The van der Waals surface area contributed by atoms with Crippen LogP contribution in [0.4, 0.5) is 0 Å². The molecule has 4 rings (SSSR count). The summed E-state index contributed by atoms with van der Waals surface area (Å²) in [4.78, 5) is 32.3. The van der Waals surface area contributed by atoms with E-state index < -0.39 is 0 Å². The molecule has 2 aromatic heterocycles. The van der Waals surface area contributed by atoms with Crippen molar-refractivity contribution in [1.29, 1.82) is 0 Å². The first-order valence-electron chi connectivity index (χ1n) is 9.76. The Balaban J connectivity index is 1.50. The van der Waals surface area contributed by atoms with E-state index >= 15 is 0 Å². The Labute approximate surface area is 182 Å². The molecule has 1 aliphatic carbocycles. The Bertz CT molecular complexity index is 1120. The highest BCUT2D eigenvalue weighted by Gasteiger charge is 2.22. The third-order valence-corrected chi connectivity index (χ3v) is 7.46. The molecule has 152 valence electrons. The van der Waals surface area contributed by atoms with E-state index in [9.17, 15) is 9.59 Å². The predicted octanol–water partition coefficient (Wildman–Crippen LogP) is 4.42. The fourth-order valence-electron chi connectivity index (χ4n) is 3.64. The molecule has 0 radical (unpaired) electrons. The molecule has 0 spiro atoms. The van der Waals surface area contributed by atoms with Crippen molar-refractivity contribution in [3.8, 4) is 0 Å². The van der Waals surface area contributed by atoms with Crippen LogP contribution in [0.3, 0.4) is 0 Å². The van der Waals surface area contributed by atoms with Gasteiger partial charge in [-0.05, 0) is 55.9 Å². The van der Waals surface area contributed by atoms with E-state index in [-0.39, 0.29) is 17.2 Å². The number of nitrogens with one attached hydrogen (secondary N) is 1. The number of nitrogens with zero attached hydrogens (tertiary/aromatic N) is 2. The molecule has 0 saturated heterocycles. The molecule has 0 saturated carbocycles. The van der Waals surface area contributed by atoms with E-state index in [1.54, 1.807) is 22.0 Å². The second-order valence-electron chi connectivity index (χ2n) is 7.03. The van der Waals surface area contributed by atoms with Crippen molar-refractivity contribution in [2.75, 3.05) is 5.75 Å². The number of fused-ring (bicyclic) bond motifs is 3. The molecule has 3 aromatic rings. The maximum absolute atomic E-state index is 13.1. The molecular weight excluding hydrogens is 426 g/mol. The molecule has 29 heavy (non-hydrogen) atoms. The molecule has 1 N–H and O–H groups in total. The van der Waals surface area contributed by atoms with Crippen LogP contribution in [0.1, 0.15) is 35.8 Å². The minimum Gasteiger partial charge on any atom is -0.351 e. The monoisotopic (exact) mass is 447 g/mol. The third-order valence-electron chi connectivity index (χ3n) is 5.07. The van der Waals surface area contributed by atoms with E-state index in [1.807, 2.05) is 25.1 Å². The van der Waals surface area contributed by atoms with Crippen LogP contribution in [0.15, 0.2) is 34.2 Å². The van der Waals surface area contributed by atoms with Crippen molar-refractivity contribution in [3.05, 3.63) is 55.6 Å². The zero-order valence-electron chi connectivity index (χ0n) is 16.2. The Morgan fingerprint density at radius 3 is 2.97 bits per heavy atom. The largest absolute Gasteiger partial charge is 0.351 e. The van der Waals surface area contributed by atoms with E-state index in [2.05, 4.69) is 5.32 Å². The van der Waals surface area contributed by atoms with Crippen molar-refractivity contribution >= 4 is 50.8 Å². The standard InChI is InChI=1S/C21H22ClN3O2S2/c1-2-25-20(27)18-15-8-3-4-9-16(15)29-19(18)24-21(25)28-12-17(26)23-11-13-6-5-7-14(22)10-13/h5-7,10H,2-4,8-9,11-12H2,1H3,(H,23,26). The van der Waals surface area contributed by atoms with Crippen LogP contribution in [0.25, 0.3) is 10.2 Å². The number of rotatable bonds is 6. The first-order chi connectivity index (χ1) is 14.1. The normalized spacial score (nSPS) is 13.4. The fourth-order valence-corrected chi connectivity index (χ4v) is 6.05. The predicted molar refractivity (Wildman–Crippen MR) is 120 cm³/mol. The Kier molecular flexibility index (Phi) is 6.27. The van der Waals surface area contributed by atoms with Crippen molar-refractivity contribution in [2.45, 2.75) is 50.9 Å². The molecular formula is C21H22ClN3O2S2. The number of hydrogen-bond donors (Lipinski definition) is 1. The summed E-state index contributed by atoms with van der Waals surface area (Å²) >= 11 is 8.93.